The van der Waals surface area contributed by atoms with Gasteiger partial charge in [0.25, 0.3) is 5.69 Å². The lowest BCUT2D eigenvalue weighted by Gasteiger charge is -1.98. The summed E-state index contributed by atoms with van der Waals surface area (Å²) in [5.41, 5.74) is 5.58. The van der Waals surface area contributed by atoms with Crippen molar-refractivity contribution in [3.63, 3.8) is 0 Å². The first-order valence-electron chi connectivity index (χ1n) is 4.31. The fraction of sp³-hybridized carbons (Fsp3) is 0. The van der Waals surface area contributed by atoms with E-state index in [0.29, 0.717) is 5.56 Å². The van der Waals surface area contributed by atoms with Gasteiger partial charge in [-0.2, -0.15) is 5.26 Å². The smallest absolute Gasteiger partial charge is 0.288 e. The van der Waals surface area contributed by atoms with Gasteiger partial charge in [0.1, 0.15) is 16.1 Å². The summed E-state index contributed by atoms with van der Waals surface area (Å²) in [5, 5.41) is 19.4. The summed E-state index contributed by atoms with van der Waals surface area (Å²) in [6.45, 7) is 0. The SMILES string of the molecule is N#CC(=Cc1ccc(Cl)c([N+](=O)[O-])c1)C(N)=S. The number of rotatable bonds is 3. The van der Waals surface area contributed by atoms with Crippen molar-refractivity contribution >= 4 is 40.6 Å². The Balaban J connectivity index is 3.27. The third kappa shape index (κ3) is 3.24. The van der Waals surface area contributed by atoms with Crippen LogP contribution in [0.4, 0.5) is 5.69 Å². The van der Waals surface area contributed by atoms with Crippen LogP contribution in [-0.2, 0) is 0 Å². The molecule has 0 aromatic heterocycles. The first kappa shape index (κ1) is 13.1. The molecule has 0 aliphatic carbocycles. The van der Waals surface area contributed by atoms with Gasteiger partial charge in [-0.1, -0.05) is 29.9 Å². The molecule has 2 N–H and O–H groups in total. The summed E-state index contributed by atoms with van der Waals surface area (Å²) in [7, 11) is 0. The molecule has 0 heterocycles. The number of nitro benzene ring substituents is 1. The van der Waals surface area contributed by atoms with Gasteiger partial charge in [0.15, 0.2) is 0 Å². The molecule has 0 aliphatic rings. The molecule has 7 heteroatoms. The molecule has 86 valence electrons. The van der Waals surface area contributed by atoms with E-state index in [4.69, 9.17) is 22.6 Å². The normalized spacial score (nSPS) is 10.7. The standard InChI is InChI=1S/C10H6ClN3O2S/c11-8-2-1-6(4-9(8)14(15)16)3-7(5-12)10(13)17/h1-4H,(H2,13,17). The minimum Gasteiger partial charge on any atom is -0.389 e. The van der Waals surface area contributed by atoms with Crippen LogP contribution in [0.5, 0.6) is 0 Å². The lowest BCUT2D eigenvalue weighted by Crippen LogP contribution is -2.09. The molecule has 0 atom stereocenters. The van der Waals surface area contributed by atoms with E-state index >= 15 is 0 Å². The van der Waals surface area contributed by atoms with E-state index in [1.165, 1.54) is 24.3 Å². The Hall–Kier alpha value is -1.97. The third-order valence-corrected chi connectivity index (χ3v) is 2.40. The van der Waals surface area contributed by atoms with Gasteiger partial charge in [0.2, 0.25) is 0 Å². The van der Waals surface area contributed by atoms with Crippen molar-refractivity contribution in [1.29, 1.82) is 5.26 Å². The number of halogens is 1. The molecule has 0 radical (unpaired) electrons. The van der Waals surface area contributed by atoms with Crippen LogP contribution in [0.1, 0.15) is 5.56 Å². The molecule has 1 aromatic rings. The Morgan fingerprint density at radius 1 is 1.65 bits per heavy atom. The minimum atomic E-state index is -0.605. The van der Waals surface area contributed by atoms with Gasteiger partial charge >= 0.3 is 0 Å². The summed E-state index contributed by atoms with van der Waals surface area (Å²) in [4.78, 5) is 9.98. The predicted molar refractivity (Wildman–Crippen MR) is 68.5 cm³/mol. The second kappa shape index (κ2) is 5.39. The van der Waals surface area contributed by atoms with Gasteiger partial charge in [0, 0.05) is 6.07 Å². The molecule has 0 amide bonds. The molecule has 1 rings (SSSR count). The van der Waals surface area contributed by atoms with E-state index in [1.54, 1.807) is 6.07 Å². The molecule has 5 nitrogen and oxygen atoms in total. The van der Waals surface area contributed by atoms with Crippen LogP contribution >= 0.6 is 23.8 Å². The maximum Gasteiger partial charge on any atom is 0.288 e. The van der Waals surface area contributed by atoms with Crippen LogP contribution in [0.3, 0.4) is 0 Å². The largest absolute Gasteiger partial charge is 0.389 e. The Morgan fingerprint density at radius 3 is 2.76 bits per heavy atom. The molecule has 0 spiro atoms. The first-order valence-corrected chi connectivity index (χ1v) is 5.10. The first-order chi connectivity index (χ1) is 7.95. The van der Waals surface area contributed by atoms with Crippen LogP contribution in [0.15, 0.2) is 23.8 Å². The van der Waals surface area contributed by atoms with Crippen molar-refractivity contribution in [3.05, 3.63) is 44.5 Å². The fourth-order valence-electron chi connectivity index (χ4n) is 1.08. The number of hydrogen-bond acceptors (Lipinski definition) is 4. The number of nitrogens with two attached hydrogens (primary N) is 1. The highest BCUT2D eigenvalue weighted by molar-refractivity contribution is 7.80. The molecule has 0 bridgehead atoms. The van der Waals surface area contributed by atoms with Gasteiger partial charge in [-0.25, -0.2) is 0 Å². The van der Waals surface area contributed by atoms with Crippen LogP contribution in [-0.4, -0.2) is 9.91 Å². The maximum atomic E-state index is 10.6. The van der Waals surface area contributed by atoms with Gasteiger partial charge in [0.05, 0.1) is 10.5 Å². The van der Waals surface area contributed by atoms with E-state index in [1.807, 2.05) is 0 Å². The monoisotopic (exact) mass is 267 g/mol. The minimum absolute atomic E-state index is 0.0287. The molecule has 0 fully saturated rings. The topological polar surface area (TPSA) is 92.9 Å². The zero-order valence-electron chi connectivity index (χ0n) is 8.38. The third-order valence-electron chi connectivity index (χ3n) is 1.86. The number of thiocarbonyl (C=S) groups is 1. The second-order valence-corrected chi connectivity index (χ2v) is 3.85. The van der Waals surface area contributed by atoms with E-state index < -0.39 is 4.92 Å². The molecule has 0 aliphatic heterocycles. The molecular formula is C10H6ClN3O2S. The molecule has 1 aromatic carbocycles. The number of hydrogen-bond donors (Lipinski definition) is 1. The van der Waals surface area contributed by atoms with Gasteiger partial charge in [-0.15, -0.1) is 0 Å². The fourth-order valence-corrected chi connectivity index (χ4v) is 1.38. The average Bonchev–Trinajstić information content (AvgIpc) is 2.27. The molecular weight excluding hydrogens is 262 g/mol. The molecule has 0 saturated carbocycles. The highest BCUT2D eigenvalue weighted by atomic mass is 35.5. The zero-order valence-corrected chi connectivity index (χ0v) is 9.96. The van der Waals surface area contributed by atoms with E-state index in [0.717, 1.165) is 0 Å². The Morgan fingerprint density at radius 2 is 2.29 bits per heavy atom. The van der Waals surface area contributed by atoms with Crippen molar-refractivity contribution in [1.82, 2.24) is 0 Å². The quantitative estimate of drug-likeness (QED) is 0.298. The van der Waals surface area contributed by atoms with Crippen molar-refractivity contribution in [3.8, 4) is 6.07 Å². The van der Waals surface area contributed by atoms with Crippen molar-refractivity contribution in [2.24, 2.45) is 5.73 Å². The lowest BCUT2D eigenvalue weighted by atomic mass is 10.1. The van der Waals surface area contributed by atoms with Crippen molar-refractivity contribution < 1.29 is 4.92 Å². The zero-order chi connectivity index (χ0) is 13.0. The van der Waals surface area contributed by atoms with Crippen molar-refractivity contribution in [2.75, 3.05) is 0 Å². The highest BCUT2D eigenvalue weighted by Gasteiger charge is 2.12. The number of nitro groups is 1. The molecule has 17 heavy (non-hydrogen) atoms. The lowest BCUT2D eigenvalue weighted by molar-refractivity contribution is -0.384. The van der Waals surface area contributed by atoms with Gasteiger partial charge in [-0.05, 0) is 17.7 Å². The second-order valence-electron chi connectivity index (χ2n) is 3.00. The number of nitriles is 1. The van der Waals surface area contributed by atoms with Gasteiger partial charge < -0.3 is 5.73 Å². The summed E-state index contributed by atoms with van der Waals surface area (Å²) >= 11 is 10.3. The number of benzene rings is 1. The van der Waals surface area contributed by atoms with Crippen LogP contribution in [0.25, 0.3) is 6.08 Å². The summed E-state index contributed by atoms with van der Waals surface area (Å²) in [6.07, 6.45) is 1.37. The summed E-state index contributed by atoms with van der Waals surface area (Å²) in [6, 6.07) is 5.96. The number of nitrogens with zero attached hydrogens (tertiary/aromatic N) is 2. The Bertz CT molecular complexity index is 563. The van der Waals surface area contributed by atoms with Crippen LogP contribution < -0.4 is 5.73 Å². The average molecular weight is 268 g/mol. The Kier molecular flexibility index (Phi) is 4.15. The summed E-state index contributed by atoms with van der Waals surface area (Å²) in [5.74, 6) is 0. The van der Waals surface area contributed by atoms with Crippen LogP contribution in [0.2, 0.25) is 5.02 Å². The molecule has 0 unspecified atom stereocenters. The Labute approximate surface area is 107 Å². The van der Waals surface area contributed by atoms with Gasteiger partial charge in [-0.3, -0.25) is 10.1 Å². The highest BCUT2D eigenvalue weighted by Crippen LogP contribution is 2.25. The molecule has 0 saturated heterocycles. The van der Waals surface area contributed by atoms with Crippen LogP contribution in [0, 0.1) is 21.4 Å². The summed E-state index contributed by atoms with van der Waals surface area (Å²) < 4.78 is 0. The van der Waals surface area contributed by atoms with E-state index in [9.17, 15) is 10.1 Å². The maximum absolute atomic E-state index is 10.6. The van der Waals surface area contributed by atoms with Crippen molar-refractivity contribution in [2.45, 2.75) is 0 Å². The van der Waals surface area contributed by atoms with E-state index in [2.05, 4.69) is 12.2 Å². The van der Waals surface area contributed by atoms with E-state index in [-0.39, 0.29) is 21.3 Å². The predicted octanol–water partition coefficient (Wildman–Crippen LogP) is 2.44.